The van der Waals surface area contributed by atoms with Gasteiger partial charge in [-0.25, -0.2) is 0 Å². The first-order valence-corrected chi connectivity index (χ1v) is 12.5. The zero-order chi connectivity index (χ0) is 25.2. The maximum atomic E-state index is 14.8. The minimum Gasteiger partial charge on any atom is -0.496 e. The lowest BCUT2D eigenvalue weighted by Crippen LogP contribution is -2.23. The highest BCUT2D eigenvalue weighted by Crippen LogP contribution is 2.55. The van der Waals surface area contributed by atoms with Gasteiger partial charge in [-0.3, -0.25) is 9.59 Å². The van der Waals surface area contributed by atoms with Crippen molar-refractivity contribution in [3.63, 3.8) is 0 Å². The Morgan fingerprint density at radius 1 is 0.676 bits per heavy atom. The van der Waals surface area contributed by atoms with Crippen LogP contribution in [0.2, 0.25) is 0 Å². The van der Waals surface area contributed by atoms with Crippen molar-refractivity contribution in [1.82, 2.24) is 0 Å². The molecular weight excluding hydrogens is 451 g/mol. The zero-order valence-corrected chi connectivity index (χ0v) is 21.4. The summed E-state index contributed by atoms with van der Waals surface area (Å²) in [6.07, 6.45) is 0. The molecule has 0 N–H and O–H groups in total. The van der Waals surface area contributed by atoms with E-state index in [-0.39, 0.29) is 28.1 Å². The van der Waals surface area contributed by atoms with E-state index in [2.05, 4.69) is 0 Å². The van der Waals surface area contributed by atoms with E-state index in [0.717, 1.165) is 11.1 Å². The van der Waals surface area contributed by atoms with Crippen LogP contribution in [0.5, 0.6) is 17.2 Å². The summed E-state index contributed by atoms with van der Waals surface area (Å²) in [5.74, 6) is 0.460. The van der Waals surface area contributed by atoms with Crippen LogP contribution in [0.25, 0.3) is 0 Å². The van der Waals surface area contributed by atoms with Crippen LogP contribution in [-0.4, -0.2) is 32.4 Å². The van der Waals surface area contributed by atoms with Gasteiger partial charge in [0.25, 0.3) is 0 Å². The molecular formula is C27H29O6P. The second kappa shape index (κ2) is 9.86. The van der Waals surface area contributed by atoms with E-state index in [9.17, 15) is 14.2 Å². The molecule has 3 aromatic carbocycles. The lowest BCUT2D eigenvalue weighted by Gasteiger charge is -2.22. The summed E-state index contributed by atoms with van der Waals surface area (Å²) in [4.78, 5) is 28.3. The summed E-state index contributed by atoms with van der Waals surface area (Å²) in [5, 5.41) is 0.147. The zero-order valence-electron chi connectivity index (χ0n) is 20.5. The normalized spacial score (nSPS) is 12.6. The van der Waals surface area contributed by atoms with Crippen LogP contribution in [0.15, 0.2) is 48.5 Å². The molecule has 3 rings (SSSR count). The molecule has 0 heterocycles. The van der Waals surface area contributed by atoms with Crippen LogP contribution in [0, 0.1) is 27.7 Å². The van der Waals surface area contributed by atoms with Gasteiger partial charge in [0.15, 0.2) is 11.5 Å². The first-order chi connectivity index (χ1) is 16.1. The average molecular weight is 480 g/mol. The number of rotatable bonds is 8. The first kappa shape index (κ1) is 25.3. The van der Waals surface area contributed by atoms with Gasteiger partial charge in [0.2, 0.25) is 18.2 Å². The first-order valence-electron chi connectivity index (χ1n) is 10.7. The highest BCUT2D eigenvalue weighted by molar-refractivity contribution is 8.01. The predicted octanol–water partition coefficient (Wildman–Crippen LogP) is 5.62. The van der Waals surface area contributed by atoms with Gasteiger partial charge in [-0.2, -0.15) is 0 Å². The number of aryl methyl sites for hydroxylation is 2. The third kappa shape index (κ3) is 4.03. The molecule has 0 spiro atoms. The van der Waals surface area contributed by atoms with E-state index in [1.807, 2.05) is 26.8 Å². The molecule has 34 heavy (non-hydrogen) atoms. The average Bonchev–Trinajstić information content (AvgIpc) is 2.85. The van der Waals surface area contributed by atoms with Gasteiger partial charge in [0.05, 0.1) is 21.3 Å². The van der Waals surface area contributed by atoms with Gasteiger partial charge in [-0.15, -0.1) is 0 Å². The number of ether oxygens (including phenoxy) is 3. The topological polar surface area (TPSA) is 78.9 Å². The van der Waals surface area contributed by atoms with E-state index in [1.165, 1.54) is 27.4 Å². The summed E-state index contributed by atoms with van der Waals surface area (Å²) >= 11 is 0. The number of methoxy groups -OCH3 is 3. The van der Waals surface area contributed by atoms with E-state index >= 15 is 0 Å². The van der Waals surface area contributed by atoms with Gasteiger partial charge in [-0.05, 0) is 62.1 Å². The van der Waals surface area contributed by atoms with Crippen molar-refractivity contribution in [3.05, 3.63) is 81.9 Å². The Hall–Kier alpha value is -3.37. The lowest BCUT2D eigenvalue weighted by molar-refractivity contribution is 0.103. The fourth-order valence-corrected chi connectivity index (χ4v) is 6.61. The minimum absolute atomic E-state index is 0.0596. The van der Waals surface area contributed by atoms with Gasteiger partial charge >= 0.3 is 0 Å². The number of carbonyl (C=O) groups is 2. The summed E-state index contributed by atoms with van der Waals surface area (Å²) in [6.45, 7) is 7.47. The minimum atomic E-state index is -4.39. The molecule has 0 saturated heterocycles. The second-order valence-corrected chi connectivity index (χ2v) is 10.6. The van der Waals surface area contributed by atoms with Gasteiger partial charge in [0, 0.05) is 10.9 Å². The van der Waals surface area contributed by atoms with Crippen LogP contribution in [-0.2, 0) is 4.57 Å². The molecule has 7 heteroatoms. The van der Waals surface area contributed by atoms with Gasteiger partial charge < -0.3 is 18.8 Å². The van der Waals surface area contributed by atoms with E-state index in [1.54, 1.807) is 43.3 Å². The molecule has 0 amide bonds. The van der Waals surface area contributed by atoms with Crippen molar-refractivity contribution in [2.75, 3.05) is 21.3 Å². The summed E-state index contributed by atoms with van der Waals surface area (Å²) in [5.41, 5.74) is 1.92. The van der Waals surface area contributed by atoms with Crippen molar-refractivity contribution < 1.29 is 28.4 Å². The number of carbonyl (C=O) groups excluding carboxylic acids is 2. The molecule has 178 valence electrons. The third-order valence-corrected chi connectivity index (χ3v) is 8.82. The van der Waals surface area contributed by atoms with Crippen LogP contribution >= 0.6 is 7.14 Å². The smallest absolute Gasteiger partial charge is 0.249 e. The van der Waals surface area contributed by atoms with Crippen LogP contribution in [0.3, 0.4) is 0 Å². The molecule has 0 aliphatic rings. The monoisotopic (exact) mass is 480 g/mol. The van der Waals surface area contributed by atoms with Crippen LogP contribution in [0.4, 0.5) is 0 Å². The quantitative estimate of drug-likeness (QED) is 0.390. The summed E-state index contributed by atoms with van der Waals surface area (Å²) in [7, 11) is -0.188. The molecule has 1 atom stereocenters. The number of hydrogen-bond acceptors (Lipinski definition) is 6. The Balaban J connectivity index is 2.39. The third-order valence-electron chi connectivity index (χ3n) is 6.20. The molecule has 1 unspecified atom stereocenters. The SMILES string of the molecule is COc1ccc(OC)c(C(=O)P(=O)(C(=O)c2c(C)cc(C)c(C)c2C)c2ccccc2)c1OC. The maximum Gasteiger partial charge on any atom is 0.249 e. The molecule has 0 fully saturated rings. The van der Waals surface area contributed by atoms with Crippen molar-refractivity contribution in [1.29, 1.82) is 0 Å². The Bertz CT molecular complexity index is 1310. The molecule has 0 bridgehead atoms. The van der Waals surface area contributed by atoms with Gasteiger partial charge in [0.1, 0.15) is 11.3 Å². The molecule has 0 radical (unpaired) electrons. The van der Waals surface area contributed by atoms with E-state index in [0.29, 0.717) is 16.7 Å². The predicted molar refractivity (Wildman–Crippen MR) is 134 cm³/mol. The fourth-order valence-electron chi connectivity index (χ4n) is 4.17. The Labute approximate surface area is 200 Å². The van der Waals surface area contributed by atoms with Crippen LogP contribution < -0.4 is 19.5 Å². The maximum absolute atomic E-state index is 14.8. The number of benzene rings is 3. The van der Waals surface area contributed by atoms with Crippen molar-refractivity contribution >= 4 is 23.5 Å². The summed E-state index contributed by atoms with van der Waals surface area (Å²) < 4.78 is 31.0. The molecule has 0 saturated carbocycles. The van der Waals surface area contributed by atoms with Crippen molar-refractivity contribution in [3.8, 4) is 17.2 Å². The molecule has 3 aromatic rings. The molecule has 0 aliphatic carbocycles. The van der Waals surface area contributed by atoms with E-state index in [4.69, 9.17) is 14.2 Å². The number of hydrogen-bond donors (Lipinski definition) is 0. The van der Waals surface area contributed by atoms with E-state index < -0.39 is 18.2 Å². The Kier molecular flexibility index (Phi) is 7.32. The van der Waals surface area contributed by atoms with Crippen molar-refractivity contribution in [2.45, 2.75) is 27.7 Å². The lowest BCUT2D eigenvalue weighted by atomic mass is 9.95. The fraction of sp³-hybridized carbons (Fsp3) is 0.259. The molecule has 0 aliphatic heterocycles. The highest BCUT2D eigenvalue weighted by atomic mass is 31.2. The largest absolute Gasteiger partial charge is 0.496 e. The highest BCUT2D eigenvalue weighted by Gasteiger charge is 2.46. The summed E-state index contributed by atoms with van der Waals surface area (Å²) in [6, 6.07) is 13.1. The molecule has 0 aromatic heterocycles. The Morgan fingerprint density at radius 3 is 1.79 bits per heavy atom. The standard InChI is InChI=1S/C27H29O6P/c1-16-15-17(2)23(19(4)18(16)3)26(28)34(30,20-11-9-8-10-12-20)27(29)24-21(31-5)13-14-22(32-6)25(24)33-7/h8-15H,1-7H3. The Morgan fingerprint density at radius 2 is 1.24 bits per heavy atom. The van der Waals surface area contributed by atoms with Crippen molar-refractivity contribution in [2.24, 2.45) is 0 Å². The van der Waals surface area contributed by atoms with Gasteiger partial charge in [-0.1, -0.05) is 36.4 Å². The molecule has 6 nitrogen and oxygen atoms in total. The van der Waals surface area contributed by atoms with Crippen LogP contribution in [0.1, 0.15) is 43.0 Å². The second-order valence-electron chi connectivity index (χ2n) is 8.07.